The van der Waals surface area contributed by atoms with E-state index in [0.717, 1.165) is 33.0 Å². The van der Waals surface area contributed by atoms with Gasteiger partial charge in [-0.1, -0.05) is 12.8 Å². The summed E-state index contributed by atoms with van der Waals surface area (Å²) in [5.74, 6) is 1.37. The van der Waals surface area contributed by atoms with Gasteiger partial charge in [-0.3, -0.25) is 0 Å². The number of hydrogen-bond donors (Lipinski definition) is 1. The van der Waals surface area contributed by atoms with Crippen molar-refractivity contribution in [2.45, 2.75) is 32.6 Å². The van der Waals surface area contributed by atoms with E-state index in [-0.39, 0.29) is 0 Å². The summed E-state index contributed by atoms with van der Waals surface area (Å²) in [6.07, 6.45) is 5.26. The second-order valence-electron chi connectivity index (χ2n) is 4.31. The maximum absolute atomic E-state index is 5.77. The predicted molar refractivity (Wildman–Crippen MR) is 61.8 cm³/mol. The van der Waals surface area contributed by atoms with E-state index in [0.29, 0.717) is 11.8 Å². The summed E-state index contributed by atoms with van der Waals surface area (Å²) in [5, 5.41) is 0. The van der Waals surface area contributed by atoms with Gasteiger partial charge in [-0.2, -0.15) is 0 Å². The summed E-state index contributed by atoms with van der Waals surface area (Å²) in [6.45, 7) is 5.91. The van der Waals surface area contributed by atoms with Crippen molar-refractivity contribution in [2.24, 2.45) is 17.6 Å². The van der Waals surface area contributed by atoms with E-state index in [1.807, 2.05) is 6.92 Å². The number of rotatable bonds is 7. The maximum atomic E-state index is 5.77. The van der Waals surface area contributed by atoms with Gasteiger partial charge in [-0.25, -0.2) is 0 Å². The van der Waals surface area contributed by atoms with Gasteiger partial charge in [0.1, 0.15) is 0 Å². The molecule has 1 aliphatic carbocycles. The van der Waals surface area contributed by atoms with Gasteiger partial charge < -0.3 is 15.2 Å². The highest BCUT2D eigenvalue weighted by Crippen LogP contribution is 2.29. The van der Waals surface area contributed by atoms with Crippen LogP contribution in [0.2, 0.25) is 0 Å². The Kier molecular flexibility index (Phi) is 6.98. The van der Waals surface area contributed by atoms with Gasteiger partial charge >= 0.3 is 0 Å². The first-order chi connectivity index (χ1) is 7.38. The minimum atomic E-state index is 0.686. The summed E-state index contributed by atoms with van der Waals surface area (Å²) in [6, 6.07) is 0. The maximum Gasteiger partial charge on any atom is 0.0700 e. The lowest BCUT2D eigenvalue weighted by Gasteiger charge is -2.30. The lowest BCUT2D eigenvalue weighted by Crippen LogP contribution is -2.30. The number of hydrogen-bond acceptors (Lipinski definition) is 3. The van der Waals surface area contributed by atoms with Crippen molar-refractivity contribution in [3.63, 3.8) is 0 Å². The molecule has 0 spiro atoms. The van der Waals surface area contributed by atoms with Crippen molar-refractivity contribution >= 4 is 0 Å². The quantitative estimate of drug-likeness (QED) is 0.659. The first-order valence-corrected chi connectivity index (χ1v) is 6.24. The zero-order valence-corrected chi connectivity index (χ0v) is 9.91. The molecular weight excluding hydrogens is 190 g/mol. The van der Waals surface area contributed by atoms with E-state index in [9.17, 15) is 0 Å². The van der Waals surface area contributed by atoms with Crippen LogP contribution >= 0.6 is 0 Å². The Bertz CT molecular complexity index is 153. The summed E-state index contributed by atoms with van der Waals surface area (Å²) in [5.41, 5.74) is 5.77. The molecule has 1 saturated carbocycles. The molecule has 1 aliphatic rings. The Morgan fingerprint density at radius 1 is 1.07 bits per heavy atom. The molecule has 1 rings (SSSR count). The van der Waals surface area contributed by atoms with Crippen molar-refractivity contribution in [3.8, 4) is 0 Å². The van der Waals surface area contributed by atoms with Crippen LogP contribution in [0.15, 0.2) is 0 Å². The van der Waals surface area contributed by atoms with Gasteiger partial charge in [0, 0.05) is 13.2 Å². The Hall–Kier alpha value is -0.120. The van der Waals surface area contributed by atoms with E-state index in [4.69, 9.17) is 15.2 Å². The van der Waals surface area contributed by atoms with Crippen molar-refractivity contribution < 1.29 is 9.47 Å². The molecule has 0 heterocycles. The fourth-order valence-electron chi connectivity index (χ4n) is 2.31. The van der Waals surface area contributed by atoms with E-state index >= 15 is 0 Å². The summed E-state index contributed by atoms with van der Waals surface area (Å²) in [7, 11) is 0. The molecule has 0 aromatic rings. The minimum Gasteiger partial charge on any atom is -0.379 e. The fraction of sp³-hybridized carbons (Fsp3) is 1.00. The predicted octanol–water partition coefficient (Wildman–Crippen LogP) is 1.80. The zero-order chi connectivity index (χ0) is 10.9. The van der Waals surface area contributed by atoms with Gasteiger partial charge in [0.05, 0.1) is 13.2 Å². The average Bonchev–Trinajstić information content (AvgIpc) is 2.29. The third kappa shape index (κ3) is 4.96. The van der Waals surface area contributed by atoms with Crippen LogP contribution in [0.3, 0.4) is 0 Å². The summed E-state index contributed by atoms with van der Waals surface area (Å²) >= 11 is 0. The molecule has 3 heteroatoms. The third-order valence-electron chi connectivity index (χ3n) is 3.28. The average molecular weight is 215 g/mol. The van der Waals surface area contributed by atoms with Crippen LogP contribution < -0.4 is 5.73 Å². The zero-order valence-electron chi connectivity index (χ0n) is 9.91. The monoisotopic (exact) mass is 215 g/mol. The normalized spacial score (nSPS) is 26.8. The molecule has 0 amide bonds. The van der Waals surface area contributed by atoms with Crippen molar-refractivity contribution in [1.82, 2.24) is 0 Å². The lowest BCUT2D eigenvalue weighted by atomic mass is 9.80. The van der Waals surface area contributed by atoms with Crippen LogP contribution in [-0.2, 0) is 9.47 Å². The Balaban J connectivity index is 2.07. The third-order valence-corrected chi connectivity index (χ3v) is 3.28. The van der Waals surface area contributed by atoms with Crippen LogP contribution in [-0.4, -0.2) is 33.0 Å². The van der Waals surface area contributed by atoms with Crippen molar-refractivity contribution in [3.05, 3.63) is 0 Å². The molecule has 0 bridgehead atoms. The molecule has 2 atom stereocenters. The van der Waals surface area contributed by atoms with Crippen LogP contribution in [0.5, 0.6) is 0 Å². The molecule has 0 aliphatic heterocycles. The highest BCUT2D eigenvalue weighted by atomic mass is 16.5. The second-order valence-corrected chi connectivity index (χ2v) is 4.31. The molecular formula is C12H25NO2. The summed E-state index contributed by atoms with van der Waals surface area (Å²) in [4.78, 5) is 0. The van der Waals surface area contributed by atoms with Gasteiger partial charge in [0.15, 0.2) is 0 Å². The first-order valence-electron chi connectivity index (χ1n) is 6.24. The molecule has 0 aromatic heterocycles. The molecule has 0 aromatic carbocycles. The number of nitrogens with two attached hydrogens (primary N) is 1. The highest BCUT2D eigenvalue weighted by Gasteiger charge is 2.23. The molecule has 0 radical (unpaired) electrons. The van der Waals surface area contributed by atoms with Crippen LogP contribution in [0.1, 0.15) is 32.6 Å². The first kappa shape index (κ1) is 12.9. The molecule has 3 nitrogen and oxygen atoms in total. The molecule has 15 heavy (non-hydrogen) atoms. The smallest absolute Gasteiger partial charge is 0.0700 e. The largest absolute Gasteiger partial charge is 0.379 e. The van der Waals surface area contributed by atoms with Gasteiger partial charge in [-0.15, -0.1) is 0 Å². The minimum absolute atomic E-state index is 0.686. The van der Waals surface area contributed by atoms with Crippen LogP contribution in [0.25, 0.3) is 0 Å². The van der Waals surface area contributed by atoms with Crippen molar-refractivity contribution in [2.75, 3.05) is 33.0 Å². The van der Waals surface area contributed by atoms with Crippen molar-refractivity contribution in [1.29, 1.82) is 0 Å². The van der Waals surface area contributed by atoms with E-state index in [2.05, 4.69) is 0 Å². The van der Waals surface area contributed by atoms with E-state index in [1.54, 1.807) is 0 Å². The van der Waals surface area contributed by atoms with Gasteiger partial charge in [0.25, 0.3) is 0 Å². The Labute approximate surface area is 93.3 Å². The molecule has 90 valence electrons. The van der Waals surface area contributed by atoms with E-state index in [1.165, 1.54) is 25.7 Å². The second kappa shape index (κ2) is 8.08. The molecule has 2 N–H and O–H groups in total. The molecule has 1 fully saturated rings. The standard InChI is InChI=1S/C12H25NO2/c1-2-14-7-8-15-10-12-6-4-3-5-11(12)9-13/h11-12H,2-10,13H2,1H3. The van der Waals surface area contributed by atoms with E-state index < -0.39 is 0 Å². The summed E-state index contributed by atoms with van der Waals surface area (Å²) < 4.78 is 10.9. The van der Waals surface area contributed by atoms with Gasteiger partial charge in [-0.05, 0) is 38.1 Å². The number of ether oxygens (including phenoxy) is 2. The SMILES string of the molecule is CCOCCOCC1CCCCC1CN. The molecule has 2 unspecified atom stereocenters. The highest BCUT2D eigenvalue weighted by molar-refractivity contribution is 4.75. The van der Waals surface area contributed by atoms with Crippen LogP contribution in [0, 0.1) is 11.8 Å². The Morgan fingerprint density at radius 3 is 2.40 bits per heavy atom. The Morgan fingerprint density at radius 2 is 1.73 bits per heavy atom. The van der Waals surface area contributed by atoms with Crippen LogP contribution in [0.4, 0.5) is 0 Å². The van der Waals surface area contributed by atoms with Gasteiger partial charge in [0.2, 0.25) is 0 Å². The lowest BCUT2D eigenvalue weighted by molar-refractivity contribution is 0.0196. The fourth-order valence-corrected chi connectivity index (χ4v) is 2.31. The molecule has 0 saturated heterocycles. The topological polar surface area (TPSA) is 44.5 Å².